The minimum Gasteiger partial charge on any atom is -0.338 e. The van der Waals surface area contributed by atoms with Crippen LogP contribution in [0.25, 0.3) is 0 Å². The third-order valence-corrected chi connectivity index (χ3v) is 3.81. The summed E-state index contributed by atoms with van der Waals surface area (Å²) in [4.78, 5) is 16.3. The second kappa shape index (κ2) is 8.80. The zero-order valence-electron chi connectivity index (χ0n) is 13.0. The van der Waals surface area contributed by atoms with Gasteiger partial charge in [0.05, 0.1) is 0 Å². The fourth-order valence-corrected chi connectivity index (χ4v) is 2.63. The second-order valence-corrected chi connectivity index (χ2v) is 5.77. The summed E-state index contributed by atoms with van der Waals surface area (Å²) < 4.78 is 0. The quantitative estimate of drug-likeness (QED) is 0.727. The van der Waals surface area contributed by atoms with Crippen LogP contribution in [0.5, 0.6) is 0 Å². The number of urea groups is 1. The molecule has 4 nitrogen and oxygen atoms in total. The summed E-state index contributed by atoms with van der Waals surface area (Å²) in [6.45, 7) is 16.0. The van der Waals surface area contributed by atoms with E-state index in [9.17, 15) is 4.79 Å². The van der Waals surface area contributed by atoms with E-state index in [1.807, 2.05) is 0 Å². The van der Waals surface area contributed by atoms with Crippen molar-refractivity contribution in [1.29, 1.82) is 0 Å². The third kappa shape index (κ3) is 5.37. The van der Waals surface area contributed by atoms with Gasteiger partial charge in [0.1, 0.15) is 0 Å². The van der Waals surface area contributed by atoms with Gasteiger partial charge < -0.3 is 15.1 Å². The second-order valence-electron chi connectivity index (χ2n) is 5.77. The third-order valence-electron chi connectivity index (χ3n) is 3.81. The lowest BCUT2D eigenvalue weighted by molar-refractivity contribution is 0.137. The van der Waals surface area contributed by atoms with Crippen LogP contribution in [0, 0.1) is 5.92 Å². The Balaban J connectivity index is 2.38. The molecule has 1 saturated heterocycles. The fourth-order valence-electron chi connectivity index (χ4n) is 2.63. The SMILES string of the molecule is C=CCN(CC=C)C(=O)NCC1CCCN(C(C)C)C1. The smallest absolute Gasteiger partial charge is 0.317 e. The van der Waals surface area contributed by atoms with Crippen molar-refractivity contribution in [1.82, 2.24) is 15.1 Å². The van der Waals surface area contributed by atoms with Gasteiger partial charge in [0.25, 0.3) is 0 Å². The summed E-state index contributed by atoms with van der Waals surface area (Å²) in [5, 5.41) is 3.05. The maximum atomic E-state index is 12.1. The topological polar surface area (TPSA) is 35.6 Å². The Morgan fingerprint density at radius 3 is 2.60 bits per heavy atom. The van der Waals surface area contributed by atoms with Crippen molar-refractivity contribution in [2.24, 2.45) is 5.92 Å². The first kappa shape index (κ1) is 16.8. The summed E-state index contributed by atoms with van der Waals surface area (Å²) in [7, 11) is 0. The number of carbonyl (C=O) groups excluding carboxylic acids is 1. The van der Waals surface area contributed by atoms with E-state index in [1.54, 1.807) is 17.1 Å². The first-order valence-electron chi connectivity index (χ1n) is 7.57. The van der Waals surface area contributed by atoms with E-state index in [0.29, 0.717) is 25.0 Å². The minimum absolute atomic E-state index is 0.0218. The summed E-state index contributed by atoms with van der Waals surface area (Å²) in [5.74, 6) is 0.560. The Morgan fingerprint density at radius 1 is 1.40 bits per heavy atom. The number of hydrogen-bond donors (Lipinski definition) is 1. The summed E-state index contributed by atoms with van der Waals surface area (Å²) >= 11 is 0. The molecular weight excluding hydrogens is 250 g/mol. The Bertz CT molecular complexity index is 318. The number of amides is 2. The first-order valence-corrected chi connectivity index (χ1v) is 7.57. The first-order chi connectivity index (χ1) is 9.58. The van der Waals surface area contributed by atoms with Crippen LogP contribution in [0.4, 0.5) is 4.79 Å². The van der Waals surface area contributed by atoms with E-state index >= 15 is 0 Å². The molecule has 2 amide bonds. The molecular formula is C16H29N3O. The average Bonchev–Trinajstić information content (AvgIpc) is 2.45. The Morgan fingerprint density at radius 2 is 2.05 bits per heavy atom. The molecule has 1 aliphatic rings. The summed E-state index contributed by atoms with van der Waals surface area (Å²) in [6, 6.07) is 0.568. The molecule has 1 unspecified atom stereocenters. The predicted molar refractivity (Wildman–Crippen MR) is 84.8 cm³/mol. The van der Waals surface area contributed by atoms with Gasteiger partial charge in [-0.2, -0.15) is 0 Å². The molecule has 0 aromatic heterocycles. The van der Waals surface area contributed by atoms with E-state index in [0.717, 1.165) is 13.1 Å². The van der Waals surface area contributed by atoms with E-state index < -0.39 is 0 Å². The minimum atomic E-state index is -0.0218. The molecule has 0 aromatic carbocycles. The normalized spacial score (nSPS) is 19.6. The van der Waals surface area contributed by atoms with Gasteiger partial charge in [-0.25, -0.2) is 4.79 Å². The molecule has 1 heterocycles. The Kier molecular flexibility index (Phi) is 7.37. The standard InChI is InChI=1S/C16H29N3O/c1-5-9-18(10-6-2)16(20)17-12-15-8-7-11-19(13-15)14(3)4/h5-6,14-15H,1-2,7-13H2,3-4H3,(H,17,20). The molecule has 1 aliphatic heterocycles. The molecule has 20 heavy (non-hydrogen) atoms. The van der Waals surface area contributed by atoms with Gasteiger partial charge in [0, 0.05) is 32.2 Å². The van der Waals surface area contributed by atoms with Gasteiger partial charge in [-0.15, -0.1) is 13.2 Å². The van der Waals surface area contributed by atoms with Gasteiger partial charge in [0.15, 0.2) is 0 Å². The Labute approximate surface area is 123 Å². The largest absolute Gasteiger partial charge is 0.338 e. The lowest BCUT2D eigenvalue weighted by Gasteiger charge is -2.35. The number of nitrogens with zero attached hydrogens (tertiary/aromatic N) is 2. The lowest BCUT2D eigenvalue weighted by atomic mass is 9.97. The van der Waals surface area contributed by atoms with Crippen LogP contribution in [0.15, 0.2) is 25.3 Å². The number of nitrogens with one attached hydrogen (secondary N) is 1. The van der Waals surface area contributed by atoms with E-state index in [-0.39, 0.29) is 6.03 Å². The zero-order chi connectivity index (χ0) is 15.0. The zero-order valence-corrected chi connectivity index (χ0v) is 13.0. The highest BCUT2D eigenvalue weighted by atomic mass is 16.2. The number of likely N-dealkylation sites (tertiary alicyclic amines) is 1. The van der Waals surface area contributed by atoms with Crippen molar-refractivity contribution in [3.05, 3.63) is 25.3 Å². The maximum Gasteiger partial charge on any atom is 0.317 e. The predicted octanol–water partition coefficient (Wildman–Crippen LogP) is 2.49. The van der Waals surface area contributed by atoms with Crippen molar-refractivity contribution in [3.8, 4) is 0 Å². The number of carbonyl (C=O) groups is 1. The van der Waals surface area contributed by atoms with Crippen LogP contribution in [0.2, 0.25) is 0 Å². The summed E-state index contributed by atoms with van der Waals surface area (Å²) in [6.07, 6.45) is 5.91. The fraction of sp³-hybridized carbons (Fsp3) is 0.688. The molecule has 1 atom stereocenters. The molecule has 0 radical (unpaired) electrons. The molecule has 1 N–H and O–H groups in total. The van der Waals surface area contributed by atoms with E-state index in [4.69, 9.17) is 0 Å². The average molecular weight is 279 g/mol. The van der Waals surface area contributed by atoms with Crippen LogP contribution < -0.4 is 5.32 Å². The molecule has 1 fully saturated rings. The maximum absolute atomic E-state index is 12.1. The Hall–Kier alpha value is -1.29. The molecule has 1 rings (SSSR count). The molecule has 114 valence electrons. The van der Waals surface area contributed by atoms with Crippen molar-refractivity contribution in [3.63, 3.8) is 0 Å². The summed E-state index contributed by atoms with van der Waals surface area (Å²) in [5.41, 5.74) is 0. The highest BCUT2D eigenvalue weighted by Gasteiger charge is 2.22. The molecule has 4 heteroatoms. The van der Waals surface area contributed by atoms with Crippen molar-refractivity contribution in [2.75, 3.05) is 32.7 Å². The van der Waals surface area contributed by atoms with Gasteiger partial charge >= 0.3 is 6.03 Å². The molecule has 0 spiro atoms. The molecule has 0 saturated carbocycles. The van der Waals surface area contributed by atoms with E-state index in [2.05, 4.69) is 37.2 Å². The van der Waals surface area contributed by atoms with Crippen molar-refractivity contribution < 1.29 is 4.79 Å². The lowest BCUT2D eigenvalue weighted by Crippen LogP contribution is -2.46. The van der Waals surface area contributed by atoms with E-state index in [1.165, 1.54) is 19.4 Å². The molecule has 0 aromatic rings. The van der Waals surface area contributed by atoms with Crippen molar-refractivity contribution >= 4 is 6.03 Å². The number of hydrogen-bond acceptors (Lipinski definition) is 2. The van der Waals surface area contributed by atoms with Gasteiger partial charge in [-0.3, -0.25) is 0 Å². The van der Waals surface area contributed by atoms with Crippen LogP contribution in [0.1, 0.15) is 26.7 Å². The van der Waals surface area contributed by atoms with Gasteiger partial charge in [0.2, 0.25) is 0 Å². The molecule has 0 aliphatic carbocycles. The van der Waals surface area contributed by atoms with Crippen molar-refractivity contribution in [2.45, 2.75) is 32.7 Å². The van der Waals surface area contributed by atoms with Crippen LogP contribution in [-0.2, 0) is 0 Å². The van der Waals surface area contributed by atoms with Crippen LogP contribution in [0.3, 0.4) is 0 Å². The number of rotatable bonds is 7. The van der Waals surface area contributed by atoms with Crippen LogP contribution >= 0.6 is 0 Å². The highest BCUT2D eigenvalue weighted by Crippen LogP contribution is 2.17. The van der Waals surface area contributed by atoms with Gasteiger partial charge in [-0.05, 0) is 39.2 Å². The van der Waals surface area contributed by atoms with Crippen LogP contribution in [-0.4, -0.2) is 54.6 Å². The van der Waals surface area contributed by atoms with Gasteiger partial charge in [-0.1, -0.05) is 12.2 Å². The monoisotopic (exact) mass is 279 g/mol. The highest BCUT2D eigenvalue weighted by molar-refractivity contribution is 5.74. The molecule has 0 bridgehead atoms. The number of piperidine rings is 1.